The summed E-state index contributed by atoms with van der Waals surface area (Å²) in [7, 11) is -4.67. The van der Waals surface area contributed by atoms with Crippen LogP contribution < -0.4 is 0 Å². The smallest absolute Gasteiger partial charge is 0.384 e. The summed E-state index contributed by atoms with van der Waals surface area (Å²) < 4.78 is 81.7. The minimum absolute atomic E-state index is 0.474. The van der Waals surface area contributed by atoms with Crippen molar-refractivity contribution >= 4 is 10.1 Å². The van der Waals surface area contributed by atoms with Crippen LogP contribution in [0.25, 0.3) is 0 Å². The molecule has 0 fully saturated rings. The molecule has 0 atom stereocenters. The summed E-state index contributed by atoms with van der Waals surface area (Å²) in [6.45, 7) is 1.66. The van der Waals surface area contributed by atoms with E-state index in [0.717, 1.165) is 12.1 Å². The number of alkyl halides is 3. The molecule has 1 rings (SSSR count). The molecule has 0 unspecified atom stereocenters. The van der Waals surface area contributed by atoms with Crippen LogP contribution >= 0.6 is 0 Å². The number of aryl methyl sites for hydroxylation is 1. The number of hydrogen-bond acceptors (Lipinski definition) is 3. The molecule has 0 aliphatic rings. The maximum Gasteiger partial charge on any atom is 0.446 e. The van der Waals surface area contributed by atoms with E-state index in [1.54, 1.807) is 6.92 Å². The second kappa shape index (κ2) is 4.97. The first-order valence-corrected chi connectivity index (χ1v) is 5.89. The summed E-state index contributed by atoms with van der Waals surface area (Å²) in [5.41, 5.74) is 0.710. The molecule has 100 valence electrons. The predicted octanol–water partition coefficient (Wildman–Crippen LogP) is 3.07. The van der Waals surface area contributed by atoms with E-state index in [9.17, 15) is 26.0 Å². The molecule has 0 saturated heterocycles. The molecule has 0 aromatic heterocycles. The second-order valence-electron chi connectivity index (χ2n) is 3.26. The number of benzene rings is 1. The van der Waals surface area contributed by atoms with Crippen LogP contribution in [0.3, 0.4) is 0 Å². The topological polar surface area (TPSA) is 43.4 Å². The minimum Gasteiger partial charge on any atom is -0.384 e. The molecule has 0 bridgehead atoms. The molecule has 0 heterocycles. The molecule has 0 saturated carbocycles. The third-order valence-corrected chi connectivity index (χ3v) is 2.95. The molecule has 3 nitrogen and oxygen atoms in total. The van der Waals surface area contributed by atoms with Crippen LogP contribution in [-0.4, -0.2) is 14.6 Å². The van der Waals surface area contributed by atoms with E-state index in [2.05, 4.69) is 4.18 Å². The molecule has 0 radical (unpaired) electrons. The Hall–Kier alpha value is -1.57. The van der Waals surface area contributed by atoms with Crippen molar-refractivity contribution in [1.29, 1.82) is 0 Å². The molecular weight excluding hydrogens is 276 g/mol. The molecular formula is C10H8F4O3S. The van der Waals surface area contributed by atoms with Crippen molar-refractivity contribution in [3.8, 4) is 0 Å². The summed E-state index contributed by atoms with van der Waals surface area (Å²) in [6.07, 6.45) is -7.58. The van der Waals surface area contributed by atoms with E-state index in [1.807, 2.05) is 0 Å². The summed E-state index contributed by atoms with van der Waals surface area (Å²) in [4.78, 5) is -0.474. The normalized spacial score (nSPS) is 14.8. The summed E-state index contributed by atoms with van der Waals surface area (Å²) in [5.74, 6) is -2.91. The van der Waals surface area contributed by atoms with Crippen molar-refractivity contribution in [3.63, 3.8) is 0 Å². The van der Waals surface area contributed by atoms with Gasteiger partial charge in [-0.3, -0.25) is 0 Å². The molecule has 1 aromatic carbocycles. The molecule has 0 aliphatic heterocycles. The van der Waals surface area contributed by atoms with Crippen LogP contribution in [0.2, 0.25) is 0 Å². The van der Waals surface area contributed by atoms with Crippen molar-refractivity contribution in [2.45, 2.75) is 18.0 Å². The van der Waals surface area contributed by atoms with Gasteiger partial charge in [0.2, 0.25) is 5.83 Å². The van der Waals surface area contributed by atoms with Gasteiger partial charge in [0.05, 0.1) is 0 Å². The van der Waals surface area contributed by atoms with Crippen molar-refractivity contribution in [1.82, 2.24) is 0 Å². The zero-order valence-electron chi connectivity index (χ0n) is 9.95. The first-order chi connectivity index (χ1) is 8.54. The van der Waals surface area contributed by atoms with E-state index < -0.39 is 33.3 Å². The Bertz CT molecular complexity index is 590. The number of halogens is 4. The quantitative estimate of drug-likeness (QED) is 0.487. The molecule has 8 heteroatoms. The van der Waals surface area contributed by atoms with Crippen LogP contribution in [0.4, 0.5) is 17.6 Å². The highest BCUT2D eigenvalue weighted by molar-refractivity contribution is 7.86. The lowest BCUT2D eigenvalue weighted by atomic mass is 10.2. The maximum absolute atomic E-state index is 12.6. The van der Waals surface area contributed by atoms with Crippen molar-refractivity contribution in [2.24, 2.45) is 0 Å². The van der Waals surface area contributed by atoms with Crippen LogP contribution in [0.1, 0.15) is 6.93 Å². The zero-order valence-corrected chi connectivity index (χ0v) is 9.77. The Balaban J connectivity index is 3.08. The Labute approximate surface area is 102 Å². The zero-order chi connectivity index (χ0) is 14.8. The summed E-state index contributed by atoms with van der Waals surface area (Å²) >= 11 is 0. The van der Waals surface area contributed by atoms with E-state index in [-0.39, 0.29) is 0 Å². The van der Waals surface area contributed by atoms with Gasteiger partial charge >= 0.3 is 16.3 Å². The molecule has 0 amide bonds. The van der Waals surface area contributed by atoms with Gasteiger partial charge in [-0.25, -0.2) is 0 Å². The van der Waals surface area contributed by atoms with Crippen LogP contribution in [-0.2, 0) is 14.3 Å². The van der Waals surface area contributed by atoms with Gasteiger partial charge in [-0.05, 0) is 19.1 Å². The molecule has 1 aromatic rings. The Morgan fingerprint density at radius 2 is 1.83 bits per heavy atom. The highest BCUT2D eigenvalue weighted by Crippen LogP contribution is 2.27. The first kappa shape index (κ1) is 12.9. The monoisotopic (exact) mass is 285 g/mol. The van der Waals surface area contributed by atoms with Crippen LogP contribution in [0, 0.1) is 6.92 Å². The summed E-state index contributed by atoms with van der Waals surface area (Å²) in [6, 6.07) is 4.90. The average molecular weight is 285 g/mol. The van der Waals surface area contributed by atoms with E-state index in [0.29, 0.717) is 5.56 Å². The Kier molecular flexibility index (Phi) is 3.55. The van der Waals surface area contributed by atoms with Crippen molar-refractivity contribution < 1.29 is 31.5 Å². The SMILES string of the molecule is [2H]/C(OS(=O)(=O)c1ccc(C)cc1)=C(/F)C(F)(F)F. The Morgan fingerprint density at radius 3 is 2.28 bits per heavy atom. The fourth-order valence-electron chi connectivity index (χ4n) is 0.902. The highest BCUT2D eigenvalue weighted by Gasteiger charge is 2.35. The van der Waals surface area contributed by atoms with Gasteiger partial charge in [0.15, 0.2) is 0 Å². The lowest BCUT2D eigenvalue weighted by Crippen LogP contribution is -2.10. The van der Waals surface area contributed by atoms with Crippen molar-refractivity contribution in [3.05, 3.63) is 41.9 Å². The fourth-order valence-corrected chi connectivity index (χ4v) is 1.65. The molecule has 0 N–H and O–H groups in total. The number of hydrogen-bond donors (Lipinski definition) is 0. The largest absolute Gasteiger partial charge is 0.446 e. The van der Waals surface area contributed by atoms with Crippen molar-refractivity contribution in [2.75, 3.05) is 0 Å². The molecule has 0 spiro atoms. The van der Waals surface area contributed by atoms with E-state index in [4.69, 9.17) is 1.37 Å². The lowest BCUT2D eigenvalue weighted by Gasteiger charge is -2.05. The van der Waals surface area contributed by atoms with Gasteiger partial charge in [0.1, 0.15) is 12.5 Å². The lowest BCUT2D eigenvalue weighted by molar-refractivity contribution is -0.110. The third kappa shape index (κ3) is 3.73. The third-order valence-electron chi connectivity index (χ3n) is 1.80. The van der Waals surface area contributed by atoms with Gasteiger partial charge in [0, 0.05) is 0 Å². The second-order valence-corrected chi connectivity index (χ2v) is 4.81. The van der Waals surface area contributed by atoms with Crippen LogP contribution in [0.15, 0.2) is 41.2 Å². The van der Waals surface area contributed by atoms with Gasteiger partial charge < -0.3 is 4.18 Å². The minimum atomic E-state index is -5.47. The van der Waals surface area contributed by atoms with Crippen LogP contribution in [0.5, 0.6) is 0 Å². The fraction of sp³-hybridized carbons (Fsp3) is 0.200. The molecule has 18 heavy (non-hydrogen) atoms. The maximum atomic E-state index is 12.6. The average Bonchev–Trinajstić information content (AvgIpc) is 2.26. The highest BCUT2D eigenvalue weighted by atomic mass is 32.2. The Morgan fingerprint density at radius 1 is 1.33 bits per heavy atom. The van der Waals surface area contributed by atoms with Gasteiger partial charge in [-0.2, -0.15) is 26.0 Å². The first-order valence-electron chi connectivity index (χ1n) is 4.99. The summed E-state index contributed by atoms with van der Waals surface area (Å²) in [5, 5.41) is 0. The van der Waals surface area contributed by atoms with Gasteiger partial charge in [0.25, 0.3) is 0 Å². The van der Waals surface area contributed by atoms with Gasteiger partial charge in [-0.15, -0.1) is 0 Å². The predicted molar refractivity (Wildman–Crippen MR) is 54.7 cm³/mol. The number of rotatable bonds is 3. The van der Waals surface area contributed by atoms with E-state index in [1.165, 1.54) is 12.1 Å². The van der Waals surface area contributed by atoms with Gasteiger partial charge in [-0.1, -0.05) is 17.7 Å². The standard InChI is InChI=1S/C10H8F4O3S/c1-7-2-4-8(5-3-7)18(15,16)17-6-9(11)10(12,13)14/h2-6H,1H3/b9-6-/i6D. The molecule has 0 aliphatic carbocycles. The van der Waals surface area contributed by atoms with E-state index >= 15 is 0 Å². The number of allylic oxidation sites excluding steroid dienone is 1.